The van der Waals surface area contributed by atoms with E-state index >= 15 is 0 Å². The van der Waals surface area contributed by atoms with Crippen LogP contribution in [-0.2, 0) is 9.16 Å². The van der Waals surface area contributed by atoms with Gasteiger partial charge in [-0.3, -0.25) is 0 Å². The minimum Gasteiger partial charge on any atom is -0.405 e. The zero-order chi connectivity index (χ0) is 16.8. The molecule has 1 aliphatic rings. The van der Waals surface area contributed by atoms with E-state index in [2.05, 4.69) is 85.0 Å². The monoisotopic (exact) mass is 320 g/mol. The van der Waals surface area contributed by atoms with Gasteiger partial charge in [-0.1, -0.05) is 71.9 Å². The highest BCUT2D eigenvalue weighted by atomic mass is 28.4. The van der Waals surface area contributed by atoms with Gasteiger partial charge in [-0.25, -0.2) is 0 Å². The Morgan fingerprint density at radius 2 is 1.59 bits per heavy atom. The average molecular weight is 321 g/mol. The van der Waals surface area contributed by atoms with Crippen molar-refractivity contribution in [3.63, 3.8) is 0 Å². The van der Waals surface area contributed by atoms with Gasteiger partial charge in [-0.05, 0) is 29.1 Å². The maximum atomic E-state index is 6.97. The molecule has 1 saturated heterocycles. The van der Waals surface area contributed by atoms with Crippen molar-refractivity contribution in [1.29, 1.82) is 0 Å². The predicted octanol–water partition coefficient (Wildman–Crippen LogP) is 5.56. The van der Waals surface area contributed by atoms with Crippen molar-refractivity contribution < 1.29 is 9.16 Å². The first-order valence-electron chi connectivity index (χ1n) is 8.27. The molecule has 0 aromatic heterocycles. The van der Waals surface area contributed by atoms with Crippen molar-refractivity contribution in [2.24, 2.45) is 5.41 Å². The van der Waals surface area contributed by atoms with Gasteiger partial charge in [0.05, 0.1) is 6.61 Å². The van der Waals surface area contributed by atoms with Crippen molar-refractivity contribution in [3.8, 4) is 0 Å². The summed E-state index contributed by atoms with van der Waals surface area (Å²) in [7, 11) is -1.87. The molecule has 0 amide bonds. The highest BCUT2D eigenvalue weighted by Crippen LogP contribution is 2.55. The van der Waals surface area contributed by atoms with Crippen molar-refractivity contribution in [1.82, 2.24) is 0 Å². The SMILES string of the molecule is CC(C)(C)[C@]1(O[Si](C)(C)C(C)(C)C)CO[C@@H]1c1ccccc1. The van der Waals surface area contributed by atoms with Crippen molar-refractivity contribution in [3.05, 3.63) is 35.9 Å². The molecule has 2 rings (SSSR count). The van der Waals surface area contributed by atoms with E-state index in [-0.39, 0.29) is 22.2 Å². The van der Waals surface area contributed by atoms with Crippen molar-refractivity contribution >= 4 is 8.32 Å². The molecule has 0 radical (unpaired) electrons. The minimum atomic E-state index is -1.87. The highest BCUT2D eigenvalue weighted by molar-refractivity contribution is 6.74. The second-order valence-electron chi connectivity index (χ2n) is 9.10. The summed E-state index contributed by atoms with van der Waals surface area (Å²) in [5.74, 6) is 0. The summed E-state index contributed by atoms with van der Waals surface area (Å²) in [6.45, 7) is 19.1. The molecule has 3 heteroatoms. The molecule has 2 atom stereocenters. The van der Waals surface area contributed by atoms with Gasteiger partial charge in [0.25, 0.3) is 0 Å². The van der Waals surface area contributed by atoms with E-state index in [0.29, 0.717) is 6.61 Å². The van der Waals surface area contributed by atoms with E-state index in [1.165, 1.54) is 5.56 Å². The van der Waals surface area contributed by atoms with E-state index < -0.39 is 8.32 Å². The third-order valence-corrected chi connectivity index (χ3v) is 9.99. The van der Waals surface area contributed by atoms with E-state index in [0.717, 1.165) is 0 Å². The molecular weight excluding hydrogens is 288 g/mol. The van der Waals surface area contributed by atoms with Gasteiger partial charge in [-0.15, -0.1) is 0 Å². The molecule has 0 bridgehead atoms. The Balaban J connectivity index is 2.40. The molecular formula is C19H32O2Si. The quantitative estimate of drug-likeness (QED) is 0.678. The minimum absolute atomic E-state index is 0.0290. The molecule has 1 aromatic carbocycles. The fraction of sp³-hybridized carbons (Fsp3) is 0.684. The maximum Gasteiger partial charge on any atom is 0.193 e. The number of hydrogen-bond donors (Lipinski definition) is 0. The summed E-state index contributed by atoms with van der Waals surface area (Å²) in [5, 5.41) is 0.197. The standard InChI is InChI=1S/C19H32O2Si/c1-17(2,3)19(21-22(7,8)18(4,5)6)14-20-16(19)15-12-10-9-11-13-15/h9-13,16H,14H2,1-8H3/t16-,19+/m1/s1. The lowest BCUT2D eigenvalue weighted by atomic mass is 9.69. The molecule has 0 saturated carbocycles. The van der Waals surface area contributed by atoms with Crippen LogP contribution in [0.1, 0.15) is 53.2 Å². The van der Waals surface area contributed by atoms with Crippen LogP contribution >= 0.6 is 0 Å². The Labute approximate surface area is 137 Å². The molecule has 0 aliphatic carbocycles. The van der Waals surface area contributed by atoms with Crippen LogP contribution in [-0.4, -0.2) is 20.5 Å². The van der Waals surface area contributed by atoms with Gasteiger partial charge >= 0.3 is 0 Å². The van der Waals surface area contributed by atoms with E-state index in [9.17, 15) is 0 Å². The number of hydrogen-bond acceptors (Lipinski definition) is 2. The first-order valence-corrected chi connectivity index (χ1v) is 11.2. The first-order chi connectivity index (χ1) is 9.91. The van der Waals surface area contributed by atoms with Crippen LogP contribution in [0.25, 0.3) is 0 Å². The molecule has 22 heavy (non-hydrogen) atoms. The largest absolute Gasteiger partial charge is 0.405 e. The Kier molecular flexibility index (Phi) is 4.40. The molecule has 0 N–H and O–H groups in total. The Morgan fingerprint density at radius 1 is 1.05 bits per heavy atom. The fourth-order valence-electron chi connectivity index (χ4n) is 2.77. The van der Waals surface area contributed by atoms with E-state index in [1.807, 2.05) is 0 Å². The van der Waals surface area contributed by atoms with Crippen LogP contribution in [0.4, 0.5) is 0 Å². The zero-order valence-corrected chi connectivity index (χ0v) is 16.5. The first kappa shape index (κ1) is 17.7. The van der Waals surface area contributed by atoms with Crippen LogP contribution in [0.5, 0.6) is 0 Å². The summed E-state index contributed by atoms with van der Waals surface area (Å²) < 4.78 is 13.0. The van der Waals surface area contributed by atoms with Gasteiger partial charge in [0.2, 0.25) is 0 Å². The molecule has 1 fully saturated rings. The van der Waals surface area contributed by atoms with Crippen LogP contribution in [0.15, 0.2) is 30.3 Å². The molecule has 0 unspecified atom stereocenters. The lowest BCUT2D eigenvalue weighted by Gasteiger charge is -2.60. The Morgan fingerprint density at radius 3 is 1.95 bits per heavy atom. The molecule has 124 valence electrons. The molecule has 1 heterocycles. The third kappa shape index (κ3) is 2.91. The molecule has 2 nitrogen and oxygen atoms in total. The lowest BCUT2D eigenvalue weighted by Crippen LogP contribution is -2.66. The average Bonchev–Trinajstić information content (AvgIpc) is 2.33. The summed E-state index contributed by atoms with van der Waals surface area (Å²) in [6.07, 6.45) is 0.0304. The smallest absolute Gasteiger partial charge is 0.193 e. The van der Waals surface area contributed by atoms with Gasteiger partial charge in [0.1, 0.15) is 11.7 Å². The maximum absolute atomic E-state index is 6.97. The second-order valence-corrected chi connectivity index (χ2v) is 13.8. The topological polar surface area (TPSA) is 18.5 Å². The summed E-state index contributed by atoms with van der Waals surface area (Å²) >= 11 is 0. The summed E-state index contributed by atoms with van der Waals surface area (Å²) in [6, 6.07) is 10.5. The summed E-state index contributed by atoms with van der Waals surface area (Å²) in [5.41, 5.74) is 1.01. The Hall–Kier alpha value is -0.643. The van der Waals surface area contributed by atoms with Crippen molar-refractivity contribution in [2.75, 3.05) is 6.61 Å². The second kappa shape index (κ2) is 5.47. The van der Waals surface area contributed by atoms with Gasteiger partial charge < -0.3 is 9.16 Å². The van der Waals surface area contributed by atoms with Crippen LogP contribution in [0.3, 0.4) is 0 Å². The van der Waals surface area contributed by atoms with Crippen LogP contribution in [0.2, 0.25) is 18.1 Å². The molecule has 0 spiro atoms. The third-order valence-electron chi connectivity index (χ3n) is 5.50. The van der Waals surface area contributed by atoms with E-state index in [1.54, 1.807) is 0 Å². The van der Waals surface area contributed by atoms with Gasteiger partial charge in [0, 0.05) is 0 Å². The van der Waals surface area contributed by atoms with Gasteiger partial charge in [-0.2, -0.15) is 0 Å². The number of benzene rings is 1. The molecule has 1 aromatic rings. The van der Waals surface area contributed by atoms with Gasteiger partial charge in [0.15, 0.2) is 8.32 Å². The van der Waals surface area contributed by atoms with E-state index in [4.69, 9.17) is 9.16 Å². The highest BCUT2D eigenvalue weighted by Gasteiger charge is 2.61. The van der Waals surface area contributed by atoms with Crippen LogP contribution < -0.4 is 0 Å². The predicted molar refractivity (Wildman–Crippen MR) is 95.6 cm³/mol. The number of rotatable bonds is 3. The lowest BCUT2D eigenvalue weighted by molar-refractivity contribution is -0.275. The van der Waals surface area contributed by atoms with Crippen LogP contribution in [0, 0.1) is 5.41 Å². The normalized spacial score (nSPS) is 26.6. The Bertz CT molecular complexity index is 510. The number of ether oxygens (including phenoxy) is 1. The molecule has 1 aliphatic heterocycles. The van der Waals surface area contributed by atoms with Crippen molar-refractivity contribution in [2.45, 2.75) is 71.4 Å². The summed E-state index contributed by atoms with van der Waals surface area (Å²) in [4.78, 5) is 0. The fourth-order valence-corrected chi connectivity index (χ4v) is 4.45. The zero-order valence-electron chi connectivity index (χ0n) is 15.5.